The Bertz CT molecular complexity index is 557. The van der Waals surface area contributed by atoms with Gasteiger partial charge in [-0.25, -0.2) is 0 Å². The number of carbonyl (C=O) groups is 1. The summed E-state index contributed by atoms with van der Waals surface area (Å²) in [6.45, 7) is 5.22. The Kier molecular flexibility index (Phi) is 5.80. The molecular formula is C16H26N4O3S. The summed E-state index contributed by atoms with van der Waals surface area (Å²) < 4.78 is 5.91. The van der Waals surface area contributed by atoms with Crippen LogP contribution >= 0.6 is 11.3 Å². The van der Waals surface area contributed by atoms with E-state index in [1.807, 2.05) is 6.92 Å². The number of aliphatic hydroxyl groups excluding tert-OH is 1. The molecule has 2 aliphatic heterocycles. The normalized spacial score (nSPS) is 24.2. The number of nitrogens with one attached hydrogen (secondary N) is 1. The topological polar surface area (TPSA) is 87.6 Å². The molecule has 0 aliphatic carbocycles. The van der Waals surface area contributed by atoms with E-state index in [4.69, 9.17) is 4.74 Å². The van der Waals surface area contributed by atoms with Crippen molar-refractivity contribution < 1.29 is 14.6 Å². The molecule has 2 saturated heterocycles. The summed E-state index contributed by atoms with van der Waals surface area (Å²) in [5, 5.41) is 22.5. The van der Waals surface area contributed by atoms with Crippen LogP contribution in [0.5, 0.6) is 0 Å². The number of piperidine rings is 1. The lowest BCUT2D eigenvalue weighted by molar-refractivity contribution is -0.176. The Labute approximate surface area is 146 Å². The molecule has 1 aromatic rings. The largest absolute Gasteiger partial charge is 0.390 e. The molecule has 1 aromatic heterocycles. The molecule has 134 valence electrons. The van der Waals surface area contributed by atoms with Crippen LogP contribution in [-0.2, 0) is 16.0 Å². The van der Waals surface area contributed by atoms with Crippen molar-refractivity contribution in [2.24, 2.45) is 0 Å². The quantitative estimate of drug-likeness (QED) is 0.832. The van der Waals surface area contributed by atoms with E-state index >= 15 is 0 Å². The van der Waals surface area contributed by atoms with E-state index in [1.54, 1.807) is 0 Å². The highest BCUT2D eigenvalue weighted by atomic mass is 32.1. The van der Waals surface area contributed by atoms with Crippen LogP contribution in [0.1, 0.15) is 44.0 Å². The van der Waals surface area contributed by atoms with Crippen molar-refractivity contribution >= 4 is 22.4 Å². The summed E-state index contributed by atoms with van der Waals surface area (Å²) in [5.41, 5.74) is -0.347. The predicted molar refractivity (Wildman–Crippen MR) is 92.1 cm³/mol. The predicted octanol–water partition coefficient (Wildman–Crippen LogP) is 1.43. The number of amides is 1. The zero-order valence-corrected chi connectivity index (χ0v) is 15.0. The van der Waals surface area contributed by atoms with Crippen LogP contribution in [0, 0.1) is 0 Å². The number of anilines is 1. The van der Waals surface area contributed by atoms with Gasteiger partial charge in [-0.05, 0) is 32.1 Å². The maximum Gasteiger partial charge on any atom is 0.227 e. The van der Waals surface area contributed by atoms with Crippen molar-refractivity contribution in [3.8, 4) is 0 Å². The van der Waals surface area contributed by atoms with Crippen molar-refractivity contribution in [2.45, 2.75) is 57.2 Å². The smallest absolute Gasteiger partial charge is 0.227 e. The monoisotopic (exact) mass is 354 g/mol. The Morgan fingerprint density at radius 2 is 2.25 bits per heavy atom. The molecule has 0 bridgehead atoms. The molecular weight excluding hydrogens is 328 g/mol. The van der Waals surface area contributed by atoms with Crippen molar-refractivity contribution in [1.82, 2.24) is 15.1 Å². The van der Waals surface area contributed by atoms with E-state index in [2.05, 4.69) is 20.4 Å². The maximum absolute atomic E-state index is 12.0. The highest BCUT2D eigenvalue weighted by Crippen LogP contribution is 2.35. The van der Waals surface area contributed by atoms with E-state index in [9.17, 15) is 9.90 Å². The van der Waals surface area contributed by atoms with Gasteiger partial charge in [-0.15, -0.1) is 10.2 Å². The van der Waals surface area contributed by atoms with Gasteiger partial charge in [0.2, 0.25) is 11.0 Å². The second-order valence-electron chi connectivity index (χ2n) is 6.57. The number of aromatic nitrogens is 2. The minimum atomic E-state index is -0.347. The average Bonchev–Trinajstić information content (AvgIpc) is 3.05. The fraction of sp³-hybridized carbons (Fsp3) is 0.812. The molecule has 2 aliphatic rings. The summed E-state index contributed by atoms with van der Waals surface area (Å²) in [6.07, 6.45) is 4.39. The number of hydrogen-bond donors (Lipinski definition) is 2. The number of nitrogens with zero attached hydrogens (tertiary/aromatic N) is 3. The molecule has 1 atom stereocenters. The van der Waals surface area contributed by atoms with Crippen LogP contribution in [0.2, 0.25) is 0 Å². The summed E-state index contributed by atoms with van der Waals surface area (Å²) >= 11 is 1.43. The van der Waals surface area contributed by atoms with Crippen LogP contribution in [0.25, 0.3) is 0 Å². The van der Waals surface area contributed by atoms with E-state index < -0.39 is 0 Å². The van der Waals surface area contributed by atoms with Gasteiger partial charge < -0.3 is 20.1 Å². The van der Waals surface area contributed by atoms with Gasteiger partial charge in [0.1, 0.15) is 5.01 Å². The second kappa shape index (κ2) is 7.86. The minimum Gasteiger partial charge on any atom is -0.390 e. The molecule has 0 radical (unpaired) electrons. The lowest BCUT2D eigenvalue weighted by Crippen LogP contribution is -2.55. The molecule has 1 amide bonds. The molecule has 0 saturated carbocycles. The Morgan fingerprint density at radius 1 is 1.46 bits per heavy atom. The van der Waals surface area contributed by atoms with E-state index in [0.29, 0.717) is 11.6 Å². The third-order valence-electron chi connectivity index (χ3n) is 4.99. The van der Waals surface area contributed by atoms with Crippen molar-refractivity contribution in [3.05, 3.63) is 5.01 Å². The average molecular weight is 354 g/mol. The third-order valence-corrected chi connectivity index (χ3v) is 5.97. The Hall–Kier alpha value is -1.09. The van der Waals surface area contributed by atoms with Gasteiger partial charge >= 0.3 is 0 Å². The molecule has 1 spiro atoms. The Morgan fingerprint density at radius 3 is 2.92 bits per heavy atom. The van der Waals surface area contributed by atoms with Crippen LogP contribution in [0.3, 0.4) is 0 Å². The lowest BCUT2D eigenvalue weighted by Gasteiger charge is -2.46. The molecule has 2 N–H and O–H groups in total. The zero-order chi connectivity index (χ0) is 17.0. The first-order chi connectivity index (χ1) is 11.6. The van der Waals surface area contributed by atoms with Crippen LogP contribution in [0.4, 0.5) is 5.13 Å². The van der Waals surface area contributed by atoms with Gasteiger partial charge in [0.05, 0.1) is 11.7 Å². The summed E-state index contributed by atoms with van der Waals surface area (Å²) in [7, 11) is 0. The number of carbonyl (C=O) groups excluding carboxylic acids is 1. The molecule has 8 heteroatoms. The van der Waals surface area contributed by atoms with Crippen molar-refractivity contribution in [2.75, 3.05) is 31.6 Å². The first-order valence-corrected chi connectivity index (χ1v) is 9.59. The maximum atomic E-state index is 12.0. The minimum absolute atomic E-state index is 0.0250. The first kappa shape index (κ1) is 17.7. The molecule has 3 rings (SSSR count). The number of rotatable bonds is 5. The number of aryl methyl sites for hydroxylation is 1. The summed E-state index contributed by atoms with van der Waals surface area (Å²) in [4.78, 5) is 14.3. The summed E-state index contributed by atoms with van der Waals surface area (Å²) in [6, 6.07) is 0. The van der Waals surface area contributed by atoms with Gasteiger partial charge in [0, 0.05) is 32.7 Å². The lowest BCUT2D eigenvalue weighted by atomic mass is 9.82. The second-order valence-corrected chi connectivity index (χ2v) is 7.63. The van der Waals surface area contributed by atoms with Crippen molar-refractivity contribution in [1.29, 1.82) is 0 Å². The van der Waals surface area contributed by atoms with Crippen molar-refractivity contribution in [3.63, 3.8) is 0 Å². The number of likely N-dealkylation sites (tertiary alicyclic amines) is 1. The molecule has 24 heavy (non-hydrogen) atoms. The standard InChI is InChI=1S/C16H26N4O3S/c1-2-14-18-19-15(24-14)17-13(22)5-8-20-9-6-16(7-10-20)12(21)4-3-11-23-16/h12,21H,2-11H2,1H3,(H,17,19,22)/t12-/m1/s1. The number of aliphatic hydroxyl groups is 1. The number of ether oxygens (including phenoxy) is 1. The van der Waals surface area contributed by atoms with Crippen LogP contribution in [0.15, 0.2) is 0 Å². The zero-order valence-electron chi connectivity index (χ0n) is 14.2. The van der Waals surface area contributed by atoms with E-state index in [1.165, 1.54) is 11.3 Å². The summed E-state index contributed by atoms with van der Waals surface area (Å²) in [5.74, 6) is -0.0250. The van der Waals surface area contributed by atoms with Gasteiger partial charge in [0.25, 0.3) is 0 Å². The molecule has 7 nitrogen and oxygen atoms in total. The SMILES string of the molecule is CCc1nnc(NC(=O)CCN2CCC3(CC2)OCCC[C@H]3O)s1. The molecule has 3 heterocycles. The van der Waals surface area contributed by atoms with Gasteiger partial charge in [-0.1, -0.05) is 18.3 Å². The van der Waals surface area contributed by atoms with Gasteiger partial charge in [-0.3, -0.25) is 4.79 Å². The van der Waals surface area contributed by atoms with Gasteiger partial charge in [0.15, 0.2) is 0 Å². The molecule has 2 fully saturated rings. The van der Waals surface area contributed by atoms with E-state index in [0.717, 1.165) is 63.4 Å². The fourth-order valence-electron chi connectivity index (χ4n) is 3.43. The van der Waals surface area contributed by atoms with Gasteiger partial charge in [-0.2, -0.15) is 0 Å². The molecule has 0 aromatic carbocycles. The first-order valence-electron chi connectivity index (χ1n) is 8.78. The van der Waals surface area contributed by atoms with Crippen LogP contribution in [-0.4, -0.2) is 64.1 Å². The van der Waals surface area contributed by atoms with E-state index in [-0.39, 0.29) is 17.6 Å². The molecule has 0 unspecified atom stereocenters. The third kappa shape index (κ3) is 4.11. The van der Waals surface area contributed by atoms with Crippen LogP contribution < -0.4 is 5.32 Å². The highest BCUT2D eigenvalue weighted by molar-refractivity contribution is 7.15. The number of hydrogen-bond acceptors (Lipinski definition) is 7. The fourth-order valence-corrected chi connectivity index (χ4v) is 4.13. The Balaban J connectivity index is 1.40. The highest BCUT2D eigenvalue weighted by Gasteiger charge is 2.43.